The molecular weight excluding hydrogens is 156 g/mol. The Morgan fingerprint density at radius 2 is 2.25 bits per heavy atom. The van der Waals surface area contributed by atoms with Gasteiger partial charge in [0.1, 0.15) is 12.4 Å². The number of hydrogen-bond donors (Lipinski definition) is 0. The fraction of sp³-hybridized carbons (Fsp3) is 0.778. The van der Waals surface area contributed by atoms with Crippen molar-refractivity contribution in [2.45, 2.75) is 18.9 Å². The van der Waals surface area contributed by atoms with Crippen LogP contribution in [0.1, 0.15) is 12.8 Å². The van der Waals surface area contributed by atoms with E-state index >= 15 is 0 Å². The van der Waals surface area contributed by atoms with Crippen LogP contribution in [-0.2, 0) is 14.3 Å². The van der Waals surface area contributed by atoms with Crippen molar-refractivity contribution in [3.8, 4) is 0 Å². The number of ether oxygens (including phenoxy) is 1. The first-order valence-corrected chi connectivity index (χ1v) is 4.47. The van der Waals surface area contributed by atoms with Crippen LogP contribution in [0.3, 0.4) is 0 Å². The Labute approximate surface area is 70.1 Å². The Bertz CT molecular complexity index is 260. The molecular formula is C9H10O3. The standard InChI is InChI=1S/C9H10O3/c10-3-7-4-1-5-6(2-4)9(11)12-8(5)7/h3-8H,1-2H2/t4?,5?,6?,7-,8?/m1/s1. The molecule has 1 heterocycles. The maximum atomic E-state index is 11.2. The van der Waals surface area contributed by atoms with E-state index in [-0.39, 0.29) is 23.9 Å². The minimum Gasteiger partial charge on any atom is -0.461 e. The molecule has 5 atom stereocenters. The van der Waals surface area contributed by atoms with Crippen molar-refractivity contribution < 1.29 is 14.3 Å². The average molecular weight is 166 g/mol. The van der Waals surface area contributed by atoms with Crippen LogP contribution in [0, 0.1) is 23.7 Å². The quantitative estimate of drug-likeness (QED) is 0.418. The lowest BCUT2D eigenvalue weighted by molar-refractivity contribution is -0.144. The first-order chi connectivity index (χ1) is 5.81. The summed E-state index contributed by atoms with van der Waals surface area (Å²) in [6, 6.07) is 0. The van der Waals surface area contributed by atoms with Gasteiger partial charge in [-0.05, 0) is 18.8 Å². The Hall–Kier alpha value is -0.860. The molecule has 2 saturated carbocycles. The molecule has 64 valence electrons. The van der Waals surface area contributed by atoms with Gasteiger partial charge in [-0.1, -0.05) is 0 Å². The van der Waals surface area contributed by atoms with Gasteiger partial charge in [0, 0.05) is 5.92 Å². The molecule has 3 rings (SSSR count). The molecule has 2 bridgehead atoms. The fourth-order valence-electron chi connectivity index (χ4n) is 3.19. The summed E-state index contributed by atoms with van der Waals surface area (Å²) in [5.74, 6) is 0.900. The van der Waals surface area contributed by atoms with Gasteiger partial charge in [0.2, 0.25) is 0 Å². The smallest absolute Gasteiger partial charge is 0.309 e. The van der Waals surface area contributed by atoms with E-state index in [1.54, 1.807) is 0 Å². The van der Waals surface area contributed by atoms with Crippen LogP contribution >= 0.6 is 0 Å². The first kappa shape index (κ1) is 6.63. The highest BCUT2D eigenvalue weighted by Crippen LogP contribution is 2.56. The summed E-state index contributed by atoms with van der Waals surface area (Å²) >= 11 is 0. The molecule has 0 radical (unpaired) electrons. The van der Waals surface area contributed by atoms with Gasteiger partial charge < -0.3 is 9.53 Å². The van der Waals surface area contributed by atoms with Gasteiger partial charge in [-0.2, -0.15) is 0 Å². The molecule has 12 heavy (non-hydrogen) atoms. The molecule has 3 fully saturated rings. The van der Waals surface area contributed by atoms with Crippen molar-refractivity contribution in [1.82, 2.24) is 0 Å². The lowest BCUT2D eigenvalue weighted by Gasteiger charge is -2.19. The summed E-state index contributed by atoms with van der Waals surface area (Å²) in [4.78, 5) is 21.9. The molecule has 4 unspecified atom stereocenters. The largest absolute Gasteiger partial charge is 0.461 e. The highest BCUT2D eigenvalue weighted by molar-refractivity contribution is 5.78. The number of fused-ring (bicyclic) bond motifs is 1. The van der Waals surface area contributed by atoms with Crippen LogP contribution in [0.4, 0.5) is 0 Å². The number of esters is 1. The molecule has 0 aromatic rings. The predicted octanol–water partition coefficient (Wildman–Crippen LogP) is 0.383. The van der Waals surface area contributed by atoms with E-state index in [4.69, 9.17) is 4.74 Å². The summed E-state index contributed by atoms with van der Waals surface area (Å²) < 4.78 is 5.17. The van der Waals surface area contributed by atoms with Crippen LogP contribution < -0.4 is 0 Å². The van der Waals surface area contributed by atoms with E-state index in [1.807, 2.05) is 0 Å². The monoisotopic (exact) mass is 166 g/mol. The molecule has 1 saturated heterocycles. The third kappa shape index (κ3) is 0.551. The molecule has 3 heteroatoms. The lowest BCUT2D eigenvalue weighted by Crippen LogP contribution is -2.27. The van der Waals surface area contributed by atoms with Crippen LogP contribution in [0.25, 0.3) is 0 Å². The van der Waals surface area contributed by atoms with Crippen molar-refractivity contribution >= 4 is 12.3 Å². The van der Waals surface area contributed by atoms with Gasteiger partial charge in [-0.3, -0.25) is 4.79 Å². The molecule has 3 nitrogen and oxygen atoms in total. The molecule has 0 spiro atoms. The fourth-order valence-corrected chi connectivity index (χ4v) is 3.19. The maximum Gasteiger partial charge on any atom is 0.309 e. The summed E-state index contributed by atoms with van der Waals surface area (Å²) in [5.41, 5.74) is 0. The SMILES string of the molecule is O=C[C@@H]1C2CC3C(=O)OC1C3C2. The summed E-state index contributed by atoms with van der Waals surface area (Å²) in [6.45, 7) is 0. The summed E-state index contributed by atoms with van der Waals surface area (Å²) in [6.07, 6.45) is 2.84. The van der Waals surface area contributed by atoms with Crippen molar-refractivity contribution in [3.63, 3.8) is 0 Å². The predicted molar refractivity (Wildman–Crippen MR) is 39.1 cm³/mol. The van der Waals surface area contributed by atoms with Gasteiger partial charge in [0.05, 0.1) is 11.8 Å². The summed E-state index contributed by atoms with van der Waals surface area (Å²) in [7, 11) is 0. The second kappa shape index (κ2) is 1.90. The van der Waals surface area contributed by atoms with Crippen LogP contribution in [-0.4, -0.2) is 18.4 Å². The zero-order valence-corrected chi connectivity index (χ0v) is 6.60. The molecule has 0 aromatic heterocycles. The Morgan fingerprint density at radius 1 is 1.42 bits per heavy atom. The number of carbonyl (C=O) groups excluding carboxylic acids is 2. The summed E-state index contributed by atoms with van der Waals surface area (Å²) in [5, 5.41) is 0. The topological polar surface area (TPSA) is 43.4 Å². The van der Waals surface area contributed by atoms with Crippen LogP contribution in [0.5, 0.6) is 0 Å². The molecule has 3 aliphatic rings. The van der Waals surface area contributed by atoms with E-state index in [0.717, 1.165) is 19.1 Å². The molecule has 2 aliphatic carbocycles. The molecule has 0 amide bonds. The second-order valence-electron chi connectivity index (χ2n) is 4.12. The number of hydrogen-bond acceptors (Lipinski definition) is 3. The van der Waals surface area contributed by atoms with E-state index in [0.29, 0.717) is 11.8 Å². The van der Waals surface area contributed by atoms with Gasteiger partial charge in [-0.25, -0.2) is 0 Å². The van der Waals surface area contributed by atoms with E-state index in [2.05, 4.69) is 0 Å². The van der Waals surface area contributed by atoms with Crippen molar-refractivity contribution in [3.05, 3.63) is 0 Å². The zero-order valence-electron chi connectivity index (χ0n) is 6.60. The Morgan fingerprint density at radius 3 is 3.00 bits per heavy atom. The average Bonchev–Trinajstić information content (AvgIpc) is 2.63. The molecule has 0 N–H and O–H groups in total. The number of carbonyl (C=O) groups is 2. The van der Waals surface area contributed by atoms with Gasteiger partial charge in [0.25, 0.3) is 0 Å². The Kier molecular flexibility index (Phi) is 1.05. The first-order valence-electron chi connectivity index (χ1n) is 4.47. The van der Waals surface area contributed by atoms with Crippen LogP contribution in [0.2, 0.25) is 0 Å². The zero-order chi connectivity index (χ0) is 8.29. The van der Waals surface area contributed by atoms with Crippen molar-refractivity contribution in [2.24, 2.45) is 23.7 Å². The van der Waals surface area contributed by atoms with Crippen LogP contribution in [0.15, 0.2) is 0 Å². The van der Waals surface area contributed by atoms with Gasteiger partial charge in [0.15, 0.2) is 0 Å². The molecule has 1 aliphatic heterocycles. The third-order valence-electron chi connectivity index (χ3n) is 3.71. The molecule has 0 aromatic carbocycles. The van der Waals surface area contributed by atoms with E-state index in [1.165, 1.54) is 0 Å². The van der Waals surface area contributed by atoms with Gasteiger partial charge >= 0.3 is 5.97 Å². The van der Waals surface area contributed by atoms with Gasteiger partial charge in [-0.15, -0.1) is 0 Å². The number of aldehydes is 1. The Balaban J connectivity index is 2.01. The third-order valence-corrected chi connectivity index (χ3v) is 3.71. The van der Waals surface area contributed by atoms with Crippen molar-refractivity contribution in [1.29, 1.82) is 0 Å². The lowest BCUT2D eigenvalue weighted by atomic mass is 9.83. The van der Waals surface area contributed by atoms with E-state index in [9.17, 15) is 9.59 Å². The normalized spacial score (nSPS) is 54.3. The second-order valence-corrected chi connectivity index (χ2v) is 4.12. The minimum atomic E-state index is -0.0585. The maximum absolute atomic E-state index is 11.2. The minimum absolute atomic E-state index is 0.0118. The highest BCUT2D eigenvalue weighted by atomic mass is 16.6. The highest BCUT2D eigenvalue weighted by Gasteiger charge is 2.61. The van der Waals surface area contributed by atoms with E-state index < -0.39 is 0 Å². The van der Waals surface area contributed by atoms with Crippen molar-refractivity contribution in [2.75, 3.05) is 0 Å². The number of rotatable bonds is 1.